The molecule has 0 saturated heterocycles. The maximum absolute atomic E-state index is 10.1. The minimum absolute atomic E-state index is 0. The molecule has 0 rings (SSSR count). The van der Waals surface area contributed by atoms with E-state index in [-0.39, 0.29) is 35.3 Å². The van der Waals surface area contributed by atoms with Crippen molar-refractivity contribution >= 4 is 35.6 Å². The van der Waals surface area contributed by atoms with E-state index in [1.807, 2.05) is 0 Å². The van der Waals surface area contributed by atoms with E-state index >= 15 is 0 Å². The van der Waals surface area contributed by atoms with Gasteiger partial charge in [-0.15, -0.1) is 0 Å². The summed E-state index contributed by atoms with van der Waals surface area (Å²) < 4.78 is 31.6. The molecule has 11 heteroatoms. The zero-order valence-corrected chi connectivity index (χ0v) is 11.2. The van der Waals surface area contributed by atoms with E-state index in [2.05, 4.69) is 4.74 Å². The lowest BCUT2D eigenvalue weighted by Crippen LogP contribution is -2.35. The molecule has 0 radical (unpaired) electrons. The highest BCUT2D eigenvalue weighted by molar-refractivity contribution is 7.85. The SMILES string of the molecule is CC(=O)OC[C@H](N)C(=O)O.NCCS(=O)(=O)O.[H+].[H+].[S-2]. The summed E-state index contributed by atoms with van der Waals surface area (Å²) in [6.07, 6.45) is 0. The smallest absolute Gasteiger partial charge is 1.00 e. The summed E-state index contributed by atoms with van der Waals surface area (Å²) in [6, 6.07) is -1.12. The van der Waals surface area contributed by atoms with E-state index in [0.29, 0.717) is 0 Å². The van der Waals surface area contributed by atoms with Gasteiger partial charge in [0, 0.05) is 13.5 Å². The third kappa shape index (κ3) is 20.5. The third-order valence-electron chi connectivity index (χ3n) is 1.16. The van der Waals surface area contributed by atoms with Gasteiger partial charge in [0.15, 0.2) is 0 Å². The number of nitrogens with two attached hydrogens (primary N) is 2. The quantitative estimate of drug-likeness (QED) is 0.332. The Labute approximate surface area is 115 Å². The average Bonchev–Trinajstić information content (AvgIpc) is 2.12. The van der Waals surface area contributed by atoms with Crippen LogP contribution in [0.5, 0.6) is 0 Å². The fraction of sp³-hybridized carbons (Fsp3) is 0.714. The Bertz CT molecular complexity index is 353. The number of carbonyl (C=O) groups excluding carboxylic acids is 1. The van der Waals surface area contributed by atoms with E-state index in [1.54, 1.807) is 0 Å². The van der Waals surface area contributed by atoms with Crippen LogP contribution >= 0.6 is 0 Å². The van der Waals surface area contributed by atoms with Gasteiger partial charge in [-0.1, -0.05) is 0 Å². The van der Waals surface area contributed by atoms with Crippen molar-refractivity contribution in [3.63, 3.8) is 0 Å². The number of ether oxygens (including phenoxy) is 1. The zero-order valence-electron chi connectivity index (χ0n) is 11.6. The number of carboxylic acids is 1. The third-order valence-corrected chi connectivity index (χ3v) is 1.91. The molecule has 0 amide bonds. The summed E-state index contributed by atoms with van der Waals surface area (Å²) >= 11 is 0. The van der Waals surface area contributed by atoms with Gasteiger partial charge in [-0.2, -0.15) is 8.42 Å². The molecule has 0 aromatic heterocycles. The standard InChI is InChI=1S/C5H9NO4.C2H7NO3S.S/c1-3(7)10-2-4(6)5(8)9;3-1-2-7(4,5)6;/h4H,2,6H2,1H3,(H,8,9);1-3H2,(H,4,5,6);/q;;-2/p+2/t4-;;/m0../s1. The number of carbonyl (C=O) groups is 2. The average molecular weight is 306 g/mol. The van der Waals surface area contributed by atoms with Gasteiger partial charge in [0.05, 0.1) is 5.75 Å². The Morgan fingerprint density at radius 1 is 1.44 bits per heavy atom. The number of carboxylic acid groups (broad SMARTS) is 1. The molecule has 0 heterocycles. The van der Waals surface area contributed by atoms with Crippen LogP contribution in [-0.4, -0.2) is 55.0 Å². The lowest BCUT2D eigenvalue weighted by molar-refractivity contribution is -0.146. The second kappa shape index (κ2) is 11.2. The maximum atomic E-state index is 10.1. The van der Waals surface area contributed by atoms with Crippen molar-refractivity contribution in [2.75, 3.05) is 18.9 Å². The van der Waals surface area contributed by atoms with Gasteiger partial charge >= 0.3 is 14.8 Å². The fourth-order valence-corrected chi connectivity index (χ4v) is 0.725. The number of hydrogen-bond donors (Lipinski definition) is 4. The van der Waals surface area contributed by atoms with Gasteiger partial charge in [0.1, 0.15) is 12.6 Å². The van der Waals surface area contributed by atoms with Crippen LogP contribution in [0, 0.1) is 0 Å². The molecule has 0 aliphatic rings. The van der Waals surface area contributed by atoms with Crippen molar-refractivity contribution in [1.82, 2.24) is 0 Å². The second-order valence-electron chi connectivity index (χ2n) is 2.82. The van der Waals surface area contributed by atoms with E-state index in [1.165, 1.54) is 6.92 Å². The van der Waals surface area contributed by atoms with Gasteiger partial charge in [-0.05, 0) is 0 Å². The Morgan fingerprint density at radius 3 is 2.06 bits per heavy atom. The molecule has 110 valence electrons. The normalized spacial score (nSPS) is 11.3. The van der Waals surface area contributed by atoms with Gasteiger partial charge in [0.25, 0.3) is 10.1 Å². The molecule has 0 aliphatic heterocycles. The molecule has 18 heavy (non-hydrogen) atoms. The van der Waals surface area contributed by atoms with Gasteiger partial charge in [-0.25, -0.2) is 0 Å². The summed E-state index contributed by atoms with van der Waals surface area (Å²) in [5.74, 6) is -2.06. The summed E-state index contributed by atoms with van der Waals surface area (Å²) in [7, 11) is -3.80. The van der Waals surface area contributed by atoms with Crippen LogP contribution < -0.4 is 11.5 Å². The van der Waals surface area contributed by atoms with Gasteiger partial charge < -0.3 is 34.8 Å². The van der Waals surface area contributed by atoms with Crippen molar-refractivity contribution in [3.8, 4) is 0 Å². The highest BCUT2D eigenvalue weighted by Crippen LogP contribution is 1.82. The lowest BCUT2D eigenvalue weighted by Gasteiger charge is -2.04. The summed E-state index contributed by atoms with van der Waals surface area (Å²) in [6.45, 7) is 0.887. The Hall–Kier alpha value is -0.880. The molecule has 9 nitrogen and oxygen atoms in total. The van der Waals surface area contributed by atoms with E-state index in [9.17, 15) is 18.0 Å². The summed E-state index contributed by atoms with van der Waals surface area (Å²) in [4.78, 5) is 20.1. The van der Waals surface area contributed by atoms with Crippen LogP contribution in [0.1, 0.15) is 9.78 Å². The maximum Gasteiger partial charge on any atom is 1.00 e. The fourth-order valence-electron chi connectivity index (χ4n) is 0.427. The molecule has 0 aliphatic carbocycles. The first kappa shape index (κ1) is 22.3. The largest absolute Gasteiger partial charge is 2.00 e. The highest BCUT2D eigenvalue weighted by Gasteiger charge is 2.11. The summed E-state index contributed by atoms with van der Waals surface area (Å²) in [5.41, 5.74) is 9.76. The molecule has 0 aromatic carbocycles. The first-order valence-corrected chi connectivity index (χ1v) is 5.98. The number of rotatable bonds is 5. The van der Waals surface area contributed by atoms with E-state index in [0.717, 1.165) is 0 Å². The van der Waals surface area contributed by atoms with Crippen LogP contribution in [0.15, 0.2) is 0 Å². The molecule has 0 unspecified atom stereocenters. The van der Waals surface area contributed by atoms with Crippen LogP contribution in [0.4, 0.5) is 0 Å². The Balaban J connectivity index is -0.0000000681. The zero-order chi connectivity index (χ0) is 14.1. The first-order valence-electron chi connectivity index (χ1n) is 4.37. The molecular weight excluding hydrogens is 288 g/mol. The minimum Gasteiger partial charge on any atom is -2.00 e. The topological polar surface area (TPSA) is 170 Å². The summed E-state index contributed by atoms with van der Waals surface area (Å²) in [5, 5.41) is 8.18. The number of aliphatic carboxylic acids is 1. The van der Waals surface area contributed by atoms with Crippen LogP contribution in [0.25, 0.3) is 0 Å². The molecule has 6 N–H and O–H groups in total. The predicted octanol–water partition coefficient (Wildman–Crippen LogP) is -1.98. The van der Waals surface area contributed by atoms with Crippen molar-refractivity contribution in [2.45, 2.75) is 13.0 Å². The second-order valence-corrected chi connectivity index (χ2v) is 4.39. The minimum atomic E-state index is -3.80. The Kier molecular flexibility index (Phi) is 13.9. The molecule has 0 fully saturated rings. The molecule has 0 saturated carbocycles. The first-order chi connectivity index (χ1) is 7.60. The van der Waals surface area contributed by atoms with E-state index in [4.69, 9.17) is 21.1 Å². The van der Waals surface area contributed by atoms with E-state index < -0.39 is 28.1 Å². The van der Waals surface area contributed by atoms with Gasteiger partial charge in [0.2, 0.25) is 0 Å². The number of esters is 1. The van der Waals surface area contributed by atoms with Crippen molar-refractivity contribution in [3.05, 3.63) is 0 Å². The van der Waals surface area contributed by atoms with Crippen LogP contribution in [0.2, 0.25) is 0 Å². The molecule has 0 aromatic rings. The van der Waals surface area contributed by atoms with Crippen LogP contribution in [-0.2, 0) is 37.9 Å². The highest BCUT2D eigenvalue weighted by atomic mass is 32.2. The Morgan fingerprint density at radius 2 is 1.89 bits per heavy atom. The van der Waals surface area contributed by atoms with Crippen molar-refractivity contribution in [2.24, 2.45) is 11.5 Å². The number of hydrogen-bond acceptors (Lipinski definition) is 7. The monoisotopic (exact) mass is 306 g/mol. The lowest BCUT2D eigenvalue weighted by atomic mass is 10.3. The van der Waals surface area contributed by atoms with Crippen LogP contribution in [0.3, 0.4) is 0 Å². The van der Waals surface area contributed by atoms with Gasteiger partial charge in [-0.3, -0.25) is 14.1 Å². The molecular formula is C7H18N2O7S2. The van der Waals surface area contributed by atoms with Crippen molar-refractivity contribution < 1.29 is 35.3 Å². The molecule has 1 atom stereocenters. The van der Waals surface area contributed by atoms with Crippen molar-refractivity contribution in [1.29, 1.82) is 0 Å². The molecule has 0 spiro atoms. The molecule has 0 bridgehead atoms. The predicted molar refractivity (Wildman–Crippen MR) is 67.3 cm³/mol.